The van der Waals surface area contributed by atoms with Gasteiger partial charge < -0.3 is 15.0 Å². The molecule has 148 valence electrons. The molecule has 1 saturated heterocycles. The minimum atomic E-state index is 0.0765. The van der Waals surface area contributed by atoms with Gasteiger partial charge in [-0.2, -0.15) is 5.26 Å². The fraction of sp³-hybridized carbons (Fsp3) is 0.500. The van der Waals surface area contributed by atoms with E-state index in [2.05, 4.69) is 61.2 Å². The third kappa shape index (κ3) is 4.26. The number of hydrogen-bond donors (Lipinski definition) is 1. The highest BCUT2D eigenvalue weighted by Gasteiger charge is 2.39. The minimum absolute atomic E-state index is 0.0765. The number of ether oxygens (including phenoxy) is 1. The Morgan fingerprint density at radius 1 is 1.11 bits per heavy atom. The fourth-order valence-corrected chi connectivity index (χ4v) is 4.34. The van der Waals surface area contributed by atoms with Crippen molar-refractivity contribution >= 4 is 5.82 Å². The molecule has 0 spiro atoms. The molecule has 2 aromatic rings. The van der Waals surface area contributed by atoms with Crippen molar-refractivity contribution in [1.29, 1.82) is 5.26 Å². The lowest BCUT2D eigenvalue weighted by atomic mass is 9.79. The van der Waals surface area contributed by atoms with Gasteiger partial charge >= 0.3 is 0 Å². The minimum Gasteiger partial charge on any atom is -0.495 e. The van der Waals surface area contributed by atoms with Gasteiger partial charge in [-0.05, 0) is 64.8 Å². The number of aromatic nitrogens is 2. The number of nitrogens with zero attached hydrogens (tertiary/aromatic N) is 4. The quantitative estimate of drug-likeness (QED) is 0.872. The molecule has 1 aliphatic heterocycles. The summed E-state index contributed by atoms with van der Waals surface area (Å²) in [5, 5.41) is 21.8. The predicted octanol–water partition coefficient (Wildman–Crippen LogP) is 3.77. The number of nitrogens with one attached hydrogen (secondary N) is 1. The first-order valence-electron chi connectivity index (χ1n) is 9.58. The van der Waals surface area contributed by atoms with Gasteiger partial charge in [0.05, 0.1) is 18.4 Å². The summed E-state index contributed by atoms with van der Waals surface area (Å²) in [5.74, 6) is 1.41. The Labute approximate surface area is 167 Å². The molecule has 1 fully saturated rings. The number of anilines is 1. The van der Waals surface area contributed by atoms with Crippen molar-refractivity contribution in [3.8, 4) is 23.1 Å². The van der Waals surface area contributed by atoms with Crippen LogP contribution in [0.4, 0.5) is 5.82 Å². The molecule has 2 heterocycles. The van der Waals surface area contributed by atoms with Crippen LogP contribution >= 0.6 is 0 Å². The summed E-state index contributed by atoms with van der Waals surface area (Å²) in [6.45, 7) is 9.01. The van der Waals surface area contributed by atoms with E-state index in [-0.39, 0.29) is 11.1 Å². The van der Waals surface area contributed by atoms with E-state index < -0.39 is 0 Å². The number of methoxy groups -OCH3 is 1. The van der Waals surface area contributed by atoms with E-state index in [0.717, 1.165) is 29.9 Å². The van der Waals surface area contributed by atoms with Crippen LogP contribution in [0.3, 0.4) is 0 Å². The van der Waals surface area contributed by atoms with Gasteiger partial charge in [0, 0.05) is 29.7 Å². The molecule has 0 radical (unpaired) electrons. The topological polar surface area (TPSA) is 74.1 Å². The van der Waals surface area contributed by atoms with Gasteiger partial charge in [0.2, 0.25) is 0 Å². The van der Waals surface area contributed by atoms with Gasteiger partial charge in [-0.25, -0.2) is 0 Å². The second kappa shape index (κ2) is 7.40. The summed E-state index contributed by atoms with van der Waals surface area (Å²) >= 11 is 0. The average Bonchev–Trinajstić information content (AvgIpc) is 2.64. The first-order chi connectivity index (χ1) is 13.1. The van der Waals surface area contributed by atoms with E-state index in [1.54, 1.807) is 13.2 Å². The van der Waals surface area contributed by atoms with Crippen molar-refractivity contribution < 1.29 is 4.74 Å². The summed E-state index contributed by atoms with van der Waals surface area (Å²) in [6, 6.07) is 11.9. The zero-order valence-corrected chi connectivity index (χ0v) is 17.6. The zero-order chi connectivity index (χ0) is 20.5. The van der Waals surface area contributed by atoms with Crippen LogP contribution in [0.1, 0.15) is 46.1 Å². The van der Waals surface area contributed by atoms with Crippen molar-refractivity contribution in [3.63, 3.8) is 0 Å². The van der Waals surface area contributed by atoms with E-state index in [0.29, 0.717) is 17.4 Å². The maximum Gasteiger partial charge on any atom is 0.151 e. The van der Waals surface area contributed by atoms with E-state index in [1.165, 1.54) is 0 Å². The first kappa shape index (κ1) is 20.1. The van der Waals surface area contributed by atoms with Crippen molar-refractivity contribution in [2.24, 2.45) is 0 Å². The molecule has 0 unspecified atom stereocenters. The Morgan fingerprint density at radius 3 is 2.32 bits per heavy atom. The van der Waals surface area contributed by atoms with Crippen LogP contribution in [-0.4, -0.2) is 41.5 Å². The molecule has 28 heavy (non-hydrogen) atoms. The van der Waals surface area contributed by atoms with Crippen LogP contribution in [0.15, 0.2) is 30.3 Å². The summed E-state index contributed by atoms with van der Waals surface area (Å²) in [6.07, 6.45) is 2.09. The number of nitriles is 1. The molecular weight excluding hydrogens is 350 g/mol. The van der Waals surface area contributed by atoms with Crippen molar-refractivity contribution in [3.05, 3.63) is 35.9 Å². The molecule has 1 aliphatic rings. The van der Waals surface area contributed by atoms with Crippen molar-refractivity contribution in [2.75, 3.05) is 19.1 Å². The molecule has 0 aliphatic carbocycles. The third-order valence-electron chi connectivity index (χ3n) is 5.35. The van der Waals surface area contributed by atoms with Gasteiger partial charge in [-0.3, -0.25) is 0 Å². The fourth-order valence-electron chi connectivity index (χ4n) is 4.34. The van der Waals surface area contributed by atoms with E-state index >= 15 is 0 Å². The SMILES string of the molecule is COc1cc(-c2ccc(N(C)C3CC(C)(C)NC(C)(C)C3)nn2)ccc1C#N. The lowest BCUT2D eigenvalue weighted by Gasteiger charge is -2.49. The van der Waals surface area contributed by atoms with Crippen LogP contribution < -0.4 is 15.0 Å². The number of rotatable bonds is 4. The maximum atomic E-state index is 9.14. The molecule has 0 bridgehead atoms. The summed E-state index contributed by atoms with van der Waals surface area (Å²) in [7, 11) is 3.66. The second-order valence-corrected chi connectivity index (χ2v) is 8.87. The standard InChI is InChI=1S/C22H29N5O/c1-21(2)12-17(13-22(3,4)26-21)27(5)20-10-9-18(24-25-20)15-7-8-16(14-23)19(11-15)28-6/h7-11,17,26H,12-13H2,1-6H3. The number of benzene rings is 1. The Morgan fingerprint density at radius 2 is 1.79 bits per heavy atom. The highest BCUT2D eigenvalue weighted by atomic mass is 16.5. The van der Waals surface area contributed by atoms with Gasteiger partial charge in [0.25, 0.3) is 0 Å². The van der Waals surface area contributed by atoms with E-state index in [1.807, 2.05) is 24.3 Å². The van der Waals surface area contributed by atoms with Gasteiger partial charge in [-0.1, -0.05) is 6.07 Å². The average molecular weight is 380 g/mol. The predicted molar refractivity (Wildman–Crippen MR) is 111 cm³/mol. The van der Waals surface area contributed by atoms with Gasteiger partial charge in [-0.15, -0.1) is 10.2 Å². The van der Waals surface area contributed by atoms with Gasteiger partial charge in [0.15, 0.2) is 5.82 Å². The van der Waals surface area contributed by atoms with Crippen LogP contribution in [-0.2, 0) is 0 Å². The molecule has 1 aromatic heterocycles. The third-order valence-corrected chi connectivity index (χ3v) is 5.35. The molecule has 0 amide bonds. The van der Waals surface area contributed by atoms with Gasteiger partial charge in [0.1, 0.15) is 11.8 Å². The number of hydrogen-bond acceptors (Lipinski definition) is 6. The molecule has 6 heteroatoms. The first-order valence-corrected chi connectivity index (χ1v) is 9.58. The zero-order valence-electron chi connectivity index (χ0n) is 17.6. The Hall–Kier alpha value is -2.65. The van der Waals surface area contributed by atoms with E-state index in [4.69, 9.17) is 10.00 Å². The molecule has 3 rings (SSSR count). The highest BCUT2D eigenvalue weighted by Crippen LogP contribution is 2.33. The van der Waals surface area contributed by atoms with Crippen molar-refractivity contribution in [1.82, 2.24) is 15.5 Å². The van der Waals surface area contributed by atoms with Crippen LogP contribution in [0.2, 0.25) is 0 Å². The lowest BCUT2D eigenvalue weighted by molar-refractivity contribution is 0.160. The smallest absolute Gasteiger partial charge is 0.151 e. The highest BCUT2D eigenvalue weighted by molar-refractivity contribution is 5.64. The molecular formula is C22H29N5O. The Balaban J connectivity index is 1.82. The molecule has 1 N–H and O–H groups in total. The second-order valence-electron chi connectivity index (χ2n) is 8.87. The summed E-state index contributed by atoms with van der Waals surface area (Å²) in [5.41, 5.74) is 2.29. The Bertz CT molecular complexity index is 867. The Kier molecular flexibility index (Phi) is 5.31. The van der Waals surface area contributed by atoms with Crippen LogP contribution in [0.5, 0.6) is 5.75 Å². The normalized spacial score (nSPS) is 18.3. The monoisotopic (exact) mass is 379 g/mol. The maximum absolute atomic E-state index is 9.14. The van der Waals surface area contributed by atoms with E-state index in [9.17, 15) is 0 Å². The lowest BCUT2D eigenvalue weighted by Crippen LogP contribution is -2.62. The van der Waals surface area contributed by atoms with Crippen LogP contribution in [0.25, 0.3) is 11.3 Å². The molecule has 0 atom stereocenters. The molecule has 6 nitrogen and oxygen atoms in total. The largest absolute Gasteiger partial charge is 0.495 e. The molecule has 1 aromatic carbocycles. The van der Waals surface area contributed by atoms with Crippen LogP contribution in [0, 0.1) is 11.3 Å². The summed E-state index contributed by atoms with van der Waals surface area (Å²) in [4.78, 5) is 2.24. The molecule has 0 saturated carbocycles. The summed E-state index contributed by atoms with van der Waals surface area (Å²) < 4.78 is 5.29. The number of piperidine rings is 1. The van der Waals surface area contributed by atoms with Crippen molar-refractivity contribution in [2.45, 2.75) is 57.7 Å².